The van der Waals surface area contributed by atoms with Gasteiger partial charge in [0, 0.05) is 19.3 Å². The molecule has 0 rings (SSSR count). The Kier molecular flexibility index (Phi) is 51.5. The van der Waals surface area contributed by atoms with Gasteiger partial charge in [0.15, 0.2) is 6.10 Å². The molecule has 0 spiro atoms. The summed E-state index contributed by atoms with van der Waals surface area (Å²) in [6.45, 7) is 11.5. The minimum Gasteiger partial charge on any atom is -0.462 e. The van der Waals surface area contributed by atoms with Crippen molar-refractivity contribution >= 4 is 17.9 Å². The predicted molar refractivity (Wildman–Crippen MR) is 284 cm³/mol. The van der Waals surface area contributed by atoms with E-state index in [2.05, 4.69) is 34.6 Å². The van der Waals surface area contributed by atoms with Gasteiger partial charge in [-0.15, -0.1) is 0 Å². The van der Waals surface area contributed by atoms with Crippen LogP contribution in [-0.4, -0.2) is 37.2 Å². The van der Waals surface area contributed by atoms with Gasteiger partial charge < -0.3 is 14.2 Å². The minimum absolute atomic E-state index is 0.0624. The van der Waals surface area contributed by atoms with Crippen molar-refractivity contribution in [3.63, 3.8) is 0 Å². The molecule has 0 amide bonds. The molecule has 2 atom stereocenters. The number of esters is 3. The Balaban J connectivity index is 4.30. The van der Waals surface area contributed by atoms with Crippen molar-refractivity contribution in [2.45, 2.75) is 343 Å². The summed E-state index contributed by atoms with van der Waals surface area (Å²) in [5.41, 5.74) is 0. The molecule has 1 unspecified atom stereocenters. The fourth-order valence-corrected chi connectivity index (χ4v) is 9.20. The van der Waals surface area contributed by atoms with E-state index in [9.17, 15) is 14.4 Å². The topological polar surface area (TPSA) is 78.9 Å². The summed E-state index contributed by atoms with van der Waals surface area (Å²) in [7, 11) is 0. The van der Waals surface area contributed by atoms with Gasteiger partial charge >= 0.3 is 17.9 Å². The standard InChI is InChI=1S/C60H116O6/c1-6-8-9-10-11-12-13-14-15-19-25-30-35-40-45-50-58(61)64-53-57(66-60(63)52-47-42-37-32-27-22-21-23-28-33-38-43-48-55(3)4)54-65-59(62)51-46-41-36-31-26-20-17-16-18-24-29-34-39-44-49-56(5)7-2/h55-57H,6-54H2,1-5H3/t56?,57-/m1/s1. The summed E-state index contributed by atoms with van der Waals surface area (Å²) < 4.78 is 16.9. The monoisotopic (exact) mass is 933 g/mol. The first-order valence-corrected chi connectivity index (χ1v) is 29.8. The molecule has 392 valence electrons. The highest BCUT2D eigenvalue weighted by Crippen LogP contribution is 2.19. The van der Waals surface area contributed by atoms with Gasteiger partial charge in [-0.05, 0) is 31.1 Å². The van der Waals surface area contributed by atoms with Gasteiger partial charge in [0.05, 0.1) is 0 Å². The van der Waals surface area contributed by atoms with E-state index in [0.29, 0.717) is 19.3 Å². The Hall–Kier alpha value is -1.59. The largest absolute Gasteiger partial charge is 0.462 e. The Morgan fingerprint density at radius 1 is 0.318 bits per heavy atom. The van der Waals surface area contributed by atoms with Crippen LogP contribution in [0.4, 0.5) is 0 Å². The van der Waals surface area contributed by atoms with Crippen molar-refractivity contribution in [2.24, 2.45) is 11.8 Å². The normalized spacial score (nSPS) is 12.5. The Morgan fingerprint density at radius 3 is 0.864 bits per heavy atom. The van der Waals surface area contributed by atoms with Gasteiger partial charge in [-0.2, -0.15) is 0 Å². The summed E-state index contributed by atoms with van der Waals surface area (Å²) >= 11 is 0. The number of carbonyl (C=O) groups is 3. The minimum atomic E-state index is -0.763. The van der Waals surface area contributed by atoms with E-state index in [4.69, 9.17) is 14.2 Å². The molecule has 0 aromatic rings. The first-order chi connectivity index (χ1) is 32.3. The smallest absolute Gasteiger partial charge is 0.306 e. The van der Waals surface area contributed by atoms with Crippen molar-refractivity contribution < 1.29 is 28.6 Å². The maximum absolute atomic E-state index is 12.9. The molecule has 0 saturated carbocycles. The van der Waals surface area contributed by atoms with Crippen LogP contribution in [0.3, 0.4) is 0 Å². The van der Waals surface area contributed by atoms with Crippen LogP contribution < -0.4 is 0 Å². The maximum Gasteiger partial charge on any atom is 0.306 e. The maximum atomic E-state index is 12.9. The summed E-state index contributed by atoms with van der Waals surface area (Å²) in [4.78, 5) is 38.2. The number of ether oxygens (including phenoxy) is 3. The molecule has 0 bridgehead atoms. The number of carbonyl (C=O) groups excluding carboxylic acids is 3. The van der Waals surface area contributed by atoms with E-state index in [1.54, 1.807) is 0 Å². The van der Waals surface area contributed by atoms with Gasteiger partial charge in [0.2, 0.25) is 0 Å². The van der Waals surface area contributed by atoms with Crippen molar-refractivity contribution in [3.05, 3.63) is 0 Å². The number of hydrogen-bond donors (Lipinski definition) is 0. The molecule has 0 fully saturated rings. The Bertz CT molecular complexity index is 1010. The highest BCUT2D eigenvalue weighted by molar-refractivity contribution is 5.71. The third-order valence-corrected chi connectivity index (χ3v) is 14.1. The molecule has 0 aliphatic carbocycles. The predicted octanol–water partition coefficient (Wildman–Crippen LogP) is 19.7. The van der Waals surface area contributed by atoms with Gasteiger partial charge in [-0.25, -0.2) is 0 Å². The molecule has 0 saturated heterocycles. The van der Waals surface area contributed by atoms with Crippen LogP contribution in [0.1, 0.15) is 336 Å². The number of hydrogen-bond acceptors (Lipinski definition) is 6. The molecule has 0 aromatic heterocycles. The third kappa shape index (κ3) is 51.8. The van der Waals surface area contributed by atoms with E-state index in [1.807, 2.05) is 0 Å². The summed E-state index contributed by atoms with van der Waals surface area (Å²) in [5.74, 6) is 0.891. The van der Waals surface area contributed by atoms with Gasteiger partial charge in [0.25, 0.3) is 0 Å². The van der Waals surface area contributed by atoms with E-state index < -0.39 is 6.10 Å². The zero-order valence-electron chi connectivity index (χ0n) is 45.3. The van der Waals surface area contributed by atoms with Crippen LogP contribution in [0, 0.1) is 11.8 Å². The van der Waals surface area contributed by atoms with Crippen LogP contribution in [-0.2, 0) is 28.6 Å². The van der Waals surface area contributed by atoms with E-state index in [1.165, 1.54) is 225 Å². The molecule has 6 nitrogen and oxygen atoms in total. The zero-order chi connectivity index (χ0) is 48.2. The first kappa shape index (κ1) is 64.4. The van der Waals surface area contributed by atoms with E-state index in [-0.39, 0.29) is 31.1 Å². The fourth-order valence-electron chi connectivity index (χ4n) is 9.20. The average molecular weight is 934 g/mol. The quantitative estimate of drug-likeness (QED) is 0.0343. The van der Waals surface area contributed by atoms with Crippen molar-refractivity contribution in [1.29, 1.82) is 0 Å². The average Bonchev–Trinajstić information content (AvgIpc) is 3.30. The first-order valence-electron chi connectivity index (χ1n) is 29.8. The molecular weight excluding hydrogens is 817 g/mol. The van der Waals surface area contributed by atoms with Crippen molar-refractivity contribution in [3.8, 4) is 0 Å². The van der Waals surface area contributed by atoms with Crippen LogP contribution in [0.5, 0.6) is 0 Å². The van der Waals surface area contributed by atoms with Crippen molar-refractivity contribution in [1.82, 2.24) is 0 Å². The second kappa shape index (κ2) is 52.8. The van der Waals surface area contributed by atoms with E-state index in [0.717, 1.165) is 69.6 Å². The highest BCUT2D eigenvalue weighted by Gasteiger charge is 2.19. The Morgan fingerprint density at radius 2 is 0.576 bits per heavy atom. The molecule has 0 aliphatic heterocycles. The molecule has 0 aliphatic rings. The molecule has 0 heterocycles. The second-order valence-corrected chi connectivity index (χ2v) is 21.4. The van der Waals surface area contributed by atoms with Gasteiger partial charge in [-0.1, -0.05) is 298 Å². The summed E-state index contributed by atoms with van der Waals surface area (Å²) in [5, 5.41) is 0. The molecule has 6 heteroatoms. The molecule has 0 N–H and O–H groups in total. The lowest BCUT2D eigenvalue weighted by atomic mass is 9.99. The molecule has 66 heavy (non-hydrogen) atoms. The number of rotatable bonds is 54. The second-order valence-electron chi connectivity index (χ2n) is 21.4. The number of unbranched alkanes of at least 4 members (excludes halogenated alkanes) is 38. The highest BCUT2D eigenvalue weighted by atomic mass is 16.6. The van der Waals surface area contributed by atoms with Gasteiger partial charge in [0.1, 0.15) is 13.2 Å². The Labute approximate surface area is 412 Å². The van der Waals surface area contributed by atoms with Crippen LogP contribution in [0.15, 0.2) is 0 Å². The lowest BCUT2D eigenvalue weighted by molar-refractivity contribution is -0.167. The fraction of sp³-hybridized carbons (Fsp3) is 0.950. The van der Waals surface area contributed by atoms with Crippen molar-refractivity contribution in [2.75, 3.05) is 13.2 Å². The SMILES string of the molecule is CCCCCCCCCCCCCCCCCC(=O)OC[C@H](COC(=O)CCCCCCCCCCCCCCCCC(C)CC)OC(=O)CCCCCCCCCCCCCCC(C)C. The lowest BCUT2D eigenvalue weighted by Gasteiger charge is -2.18. The summed E-state index contributed by atoms with van der Waals surface area (Å²) in [6.07, 6.45) is 56.6. The lowest BCUT2D eigenvalue weighted by Crippen LogP contribution is -2.30. The summed E-state index contributed by atoms with van der Waals surface area (Å²) in [6, 6.07) is 0. The van der Waals surface area contributed by atoms with Crippen LogP contribution >= 0.6 is 0 Å². The molecule has 0 radical (unpaired) electrons. The van der Waals surface area contributed by atoms with Crippen LogP contribution in [0.25, 0.3) is 0 Å². The third-order valence-electron chi connectivity index (χ3n) is 14.1. The molecule has 0 aromatic carbocycles. The van der Waals surface area contributed by atoms with E-state index >= 15 is 0 Å². The van der Waals surface area contributed by atoms with Gasteiger partial charge in [-0.3, -0.25) is 14.4 Å². The van der Waals surface area contributed by atoms with Crippen LogP contribution in [0.2, 0.25) is 0 Å². The zero-order valence-corrected chi connectivity index (χ0v) is 45.3. The molecular formula is C60H116O6.